The van der Waals surface area contributed by atoms with Crippen LogP contribution >= 0.6 is 39.0 Å². The fourth-order valence-electron chi connectivity index (χ4n) is 1.47. The van der Waals surface area contributed by atoms with E-state index < -0.39 is 0 Å². The van der Waals surface area contributed by atoms with Gasteiger partial charge in [-0.2, -0.15) is 0 Å². The Balaban J connectivity index is 2.13. The summed E-state index contributed by atoms with van der Waals surface area (Å²) in [6.07, 6.45) is 2.72. The Hall–Kier alpha value is -0.360. The summed E-state index contributed by atoms with van der Waals surface area (Å²) in [5, 5.41) is 1.99. The van der Waals surface area contributed by atoms with Crippen LogP contribution in [0.25, 0.3) is 0 Å². The van der Waals surface area contributed by atoms with E-state index in [0.717, 1.165) is 15.2 Å². The van der Waals surface area contributed by atoms with Gasteiger partial charge >= 0.3 is 0 Å². The van der Waals surface area contributed by atoms with Crippen LogP contribution in [0, 0.1) is 0 Å². The Bertz CT molecular complexity index is 483. The average Bonchev–Trinajstić information content (AvgIpc) is 2.74. The molecule has 1 aromatic carbocycles. The highest BCUT2D eigenvalue weighted by atomic mass is 79.9. The summed E-state index contributed by atoms with van der Waals surface area (Å²) in [6.45, 7) is 2.02. The van der Waals surface area contributed by atoms with Crippen molar-refractivity contribution in [3.63, 3.8) is 0 Å². The minimum absolute atomic E-state index is 0.184. The highest BCUT2D eigenvalue weighted by Crippen LogP contribution is 2.32. The summed E-state index contributed by atoms with van der Waals surface area (Å²) in [5.74, 6) is 0. The van der Waals surface area contributed by atoms with E-state index in [1.807, 2.05) is 18.5 Å². The van der Waals surface area contributed by atoms with E-state index in [1.54, 1.807) is 23.1 Å². The van der Waals surface area contributed by atoms with Crippen LogP contribution in [0.4, 0.5) is 0 Å². The van der Waals surface area contributed by atoms with Gasteiger partial charge in [-0.25, -0.2) is 4.98 Å². The second-order valence-corrected chi connectivity index (χ2v) is 6.90. The maximum atomic E-state index is 5.81. The van der Waals surface area contributed by atoms with Crippen molar-refractivity contribution in [3.05, 3.63) is 39.8 Å². The van der Waals surface area contributed by atoms with Crippen molar-refractivity contribution in [2.45, 2.75) is 28.6 Å². The molecule has 0 aliphatic heterocycles. The molecule has 1 heterocycles. The Morgan fingerprint density at radius 3 is 2.94 bits per heavy atom. The van der Waals surface area contributed by atoms with Crippen LogP contribution in [0.3, 0.4) is 0 Å². The lowest BCUT2D eigenvalue weighted by Gasteiger charge is -2.08. The molecule has 0 bridgehead atoms. The van der Waals surface area contributed by atoms with Crippen molar-refractivity contribution in [1.29, 1.82) is 0 Å². The monoisotopic (exact) mass is 328 g/mol. The minimum atomic E-state index is 0.184. The second kappa shape index (κ2) is 6.00. The molecule has 2 aromatic rings. The molecule has 0 saturated carbocycles. The van der Waals surface area contributed by atoms with Crippen molar-refractivity contribution in [2.75, 3.05) is 0 Å². The number of halogens is 1. The molecule has 0 aliphatic carbocycles. The topological polar surface area (TPSA) is 38.9 Å². The summed E-state index contributed by atoms with van der Waals surface area (Å²) in [4.78, 5) is 5.45. The first-order valence-electron chi connectivity index (χ1n) is 5.26. The number of hydrogen-bond acceptors (Lipinski definition) is 4. The van der Waals surface area contributed by atoms with Gasteiger partial charge in [0.25, 0.3) is 0 Å². The predicted octanol–water partition coefficient (Wildman–Crippen LogP) is 3.95. The highest BCUT2D eigenvalue weighted by molar-refractivity contribution is 9.10. The normalized spacial score (nSPS) is 12.6. The quantitative estimate of drug-likeness (QED) is 0.923. The molecule has 0 fully saturated rings. The number of thiazole rings is 1. The number of hydrogen-bond donors (Lipinski definition) is 1. The summed E-state index contributed by atoms with van der Waals surface area (Å²) in [6, 6.07) is 6.56. The lowest BCUT2D eigenvalue weighted by Crippen LogP contribution is -2.17. The van der Waals surface area contributed by atoms with Crippen LogP contribution in [0.1, 0.15) is 12.5 Å². The molecule has 2 rings (SSSR count). The standard InChI is InChI=1S/C12H13BrN2S2/c1-8(14)6-9-2-3-10(7-11(9)13)17-12-15-4-5-16-12/h2-5,7-8H,6,14H2,1H3. The van der Waals surface area contributed by atoms with Crippen molar-refractivity contribution in [3.8, 4) is 0 Å². The molecule has 2 N–H and O–H groups in total. The molecule has 1 aromatic heterocycles. The summed E-state index contributed by atoms with van der Waals surface area (Å²) in [5.41, 5.74) is 7.06. The van der Waals surface area contributed by atoms with Gasteiger partial charge < -0.3 is 5.73 Å². The van der Waals surface area contributed by atoms with Crippen LogP contribution in [0.15, 0.2) is 43.5 Å². The van der Waals surface area contributed by atoms with E-state index >= 15 is 0 Å². The smallest absolute Gasteiger partial charge is 0.154 e. The molecule has 90 valence electrons. The average molecular weight is 329 g/mol. The summed E-state index contributed by atoms with van der Waals surface area (Å²) in [7, 11) is 0. The van der Waals surface area contributed by atoms with E-state index in [2.05, 4.69) is 39.1 Å². The summed E-state index contributed by atoms with van der Waals surface area (Å²) >= 11 is 6.93. The molecule has 5 heteroatoms. The van der Waals surface area contributed by atoms with Crippen LogP contribution in [0.2, 0.25) is 0 Å². The first kappa shape index (κ1) is 13.1. The molecule has 0 spiro atoms. The Morgan fingerprint density at radius 2 is 2.35 bits per heavy atom. The van der Waals surface area contributed by atoms with Gasteiger partial charge in [-0.1, -0.05) is 33.8 Å². The molecule has 0 amide bonds. The molecular formula is C12H13BrN2S2. The van der Waals surface area contributed by atoms with Crippen molar-refractivity contribution < 1.29 is 0 Å². The van der Waals surface area contributed by atoms with Gasteiger partial charge in [0.05, 0.1) is 0 Å². The number of aromatic nitrogens is 1. The Morgan fingerprint density at radius 1 is 1.53 bits per heavy atom. The molecule has 0 aliphatic rings. The highest BCUT2D eigenvalue weighted by Gasteiger charge is 2.06. The van der Waals surface area contributed by atoms with Gasteiger partial charge in [0.1, 0.15) is 0 Å². The maximum absolute atomic E-state index is 5.81. The molecule has 17 heavy (non-hydrogen) atoms. The largest absolute Gasteiger partial charge is 0.328 e. The SMILES string of the molecule is CC(N)Cc1ccc(Sc2nccs2)cc1Br. The van der Waals surface area contributed by atoms with Crippen LogP contribution in [0.5, 0.6) is 0 Å². The molecule has 0 radical (unpaired) electrons. The van der Waals surface area contributed by atoms with Crippen LogP contribution in [-0.4, -0.2) is 11.0 Å². The molecular weight excluding hydrogens is 316 g/mol. The molecule has 0 saturated heterocycles. The lowest BCUT2D eigenvalue weighted by atomic mass is 10.1. The zero-order valence-electron chi connectivity index (χ0n) is 9.39. The second-order valence-electron chi connectivity index (χ2n) is 3.83. The molecule has 2 nitrogen and oxygen atoms in total. The van der Waals surface area contributed by atoms with Crippen molar-refractivity contribution in [2.24, 2.45) is 5.73 Å². The Labute approximate surface area is 118 Å². The van der Waals surface area contributed by atoms with Gasteiger partial charge in [-0.15, -0.1) is 11.3 Å². The van der Waals surface area contributed by atoms with Gasteiger partial charge in [-0.3, -0.25) is 0 Å². The minimum Gasteiger partial charge on any atom is -0.328 e. The van der Waals surface area contributed by atoms with Gasteiger partial charge in [0, 0.05) is 27.0 Å². The zero-order chi connectivity index (χ0) is 12.3. The predicted molar refractivity (Wildman–Crippen MR) is 77.7 cm³/mol. The van der Waals surface area contributed by atoms with E-state index in [0.29, 0.717) is 0 Å². The fraction of sp³-hybridized carbons (Fsp3) is 0.250. The number of rotatable bonds is 4. The first-order chi connectivity index (χ1) is 8.15. The number of nitrogens with zero attached hydrogens (tertiary/aromatic N) is 1. The third-order valence-corrected chi connectivity index (χ3v) is 4.79. The van der Waals surface area contributed by atoms with Crippen molar-refractivity contribution >= 4 is 39.0 Å². The number of nitrogens with two attached hydrogens (primary N) is 1. The van der Waals surface area contributed by atoms with E-state index in [4.69, 9.17) is 5.73 Å². The zero-order valence-corrected chi connectivity index (χ0v) is 12.6. The fourth-order valence-corrected chi connectivity index (χ4v) is 3.79. The molecule has 1 atom stereocenters. The van der Waals surface area contributed by atoms with E-state index in [-0.39, 0.29) is 6.04 Å². The maximum Gasteiger partial charge on any atom is 0.154 e. The third kappa shape index (κ3) is 3.81. The number of benzene rings is 1. The van der Waals surface area contributed by atoms with Gasteiger partial charge in [0.15, 0.2) is 4.34 Å². The Kier molecular flexibility index (Phi) is 4.62. The summed E-state index contributed by atoms with van der Waals surface area (Å²) < 4.78 is 2.19. The van der Waals surface area contributed by atoms with Gasteiger partial charge in [0.2, 0.25) is 0 Å². The van der Waals surface area contributed by atoms with Crippen molar-refractivity contribution in [1.82, 2.24) is 4.98 Å². The van der Waals surface area contributed by atoms with Gasteiger partial charge in [-0.05, 0) is 31.0 Å². The van der Waals surface area contributed by atoms with E-state index in [9.17, 15) is 0 Å². The third-order valence-electron chi connectivity index (χ3n) is 2.18. The van der Waals surface area contributed by atoms with Crippen LogP contribution in [-0.2, 0) is 6.42 Å². The molecule has 1 unspecified atom stereocenters. The first-order valence-corrected chi connectivity index (χ1v) is 7.75. The van der Waals surface area contributed by atoms with Crippen LogP contribution < -0.4 is 5.73 Å². The lowest BCUT2D eigenvalue weighted by molar-refractivity contribution is 0.735. The van der Waals surface area contributed by atoms with E-state index in [1.165, 1.54) is 10.5 Å².